The molecule has 4 nitrogen and oxygen atoms in total. The summed E-state index contributed by atoms with van der Waals surface area (Å²) in [6.45, 7) is 4.90. The summed E-state index contributed by atoms with van der Waals surface area (Å²) >= 11 is 0. The Hall–Kier alpha value is -0.320. The van der Waals surface area contributed by atoms with Gasteiger partial charge in [0.05, 0.1) is 19.3 Å². The lowest BCUT2D eigenvalue weighted by atomic mass is 9.71. The van der Waals surface area contributed by atoms with E-state index in [9.17, 15) is 4.79 Å². The minimum Gasteiger partial charge on any atom is -0.377 e. The number of rotatable bonds is 4. The zero-order chi connectivity index (χ0) is 13.7. The molecule has 0 aromatic heterocycles. The number of halogens is 1. The summed E-state index contributed by atoms with van der Waals surface area (Å²) in [6, 6.07) is 0.264. The molecule has 2 N–H and O–H groups in total. The van der Waals surface area contributed by atoms with Gasteiger partial charge in [-0.3, -0.25) is 4.79 Å². The molecule has 0 spiro atoms. The second-order valence-corrected chi connectivity index (χ2v) is 6.17. The Kier molecular flexibility index (Phi) is 7.27. The van der Waals surface area contributed by atoms with Gasteiger partial charge in [-0.05, 0) is 31.2 Å². The molecule has 0 radical (unpaired) electrons. The predicted molar refractivity (Wildman–Crippen MR) is 83.0 cm³/mol. The third-order valence-electron chi connectivity index (χ3n) is 4.89. The minimum atomic E-state index is 0. The maximum Gasteiger partial charge on any atom is 0.223 e. The molecule has 2 aliphatic rings. The standard InChI is InChI=1S/C15H28N2O2.ClH/c1-2-13-11-19-9-8-17(13)14(18)10-15(12-16)6-4-3-5-7-15;/h13H,2-12,16H2,1H3;1H. The smallest absolute Gasteiger partial charge is 0.223 e. The van der Waals surface area contributed by atoms with Crippen molar-refractivity contribution < 1.29 is 9.53 Å². The molecule has 0 aromatic rings. The van der Waals surface area contributed by atoms with Crippen LogP contribution in [-0.4, -0.2) is 43.2 Å². The van der Waals surface area contributed by atoms with E-state index in [1.54, 1.807) is 0 Å². The van der Waals surface area contributed by atoms with Crippen molar-refractivity contribution in [2.45, 2.75) is 57.9 Å². The van der Waals surface area contributed by atoms with E-state index in [4.69, 9.17) is 10.5 Å². The number of nitrogens with two attached hydrogens (primary N) is 1. The lowest BCUT2D eigenvalue weighted by molar-refractivity contribution is -0.143. The molecular weight excluding hydrogens is 276 g/mol. The van der Waals surface area contributed by atoms with Crippen LogP contribution in [-0.2, 0) is 9.53 Å². The highest BCUT2D eigenvalue weighted by atomic mass is 35.5. The predicted octanol–water partition coefficient (Wildman–Crippen LogP) is 2.34. The number of amides is 1. The van der Waals surface area contributed by atoms with Crippen LogP contribution in [0.1, 0.15) is 51.9 Å². The molecule has 2 rings (SSSR count). The van der Waals surface area contributed by atoms with Gasteiger partial charge in [-0.15, -0.1) is 12.4 Å². The highest BCUT2D eigenvalue weighted by Gasteiger charge is 2.36. The van der Waals surface area contributed by atoms with E-state index < -0.39 is 0 Å². The molecule has 20 heavy (non-hydrogen) atoms. The van der Waals surface area contributed by atoms with Gasteiger partial charge in [-0.2, -0.15) is 0 Å². The molecule has 1 amide bonds. The van der Waals surface area contributed by atoms with Gasteiger partial charge < -0.3 is 15.4 Å². The van der Waals surface area contributed by atoms with Gasteiger partial charge in [0.1, 0.15) is 0 Å². The number of nitrogens with zero attached hydrogens (tertiary/aromatic N) is 1. The SMILES string of the molecule is CCC1COCCN1C(=O)CC1(CN)CCCCC1.Cl. The fraction of sp³-hybridized carbons (Fsp3) is 0.933. The second kappa shape index (κ2) is 8.20. The van der Waals surface area contributed by atoms with Gasteiger partial charge in [0.2, 0.25) is 5.91 Å². The van der Waals surface area contributed by atoms with Crippen LogP contribution in [0, 0.1) is 5.41 Å². The number of carbonyl (C=O) groups is 1. The quantitative estimate of drug-likeness (QED) is 0.867. The van der Waals surface area contributed by atoms with Crippen molar-refractivity contribution in [3.8, 4) is 0 Å². The van der Waals surface area contributed by atoms with Crippen LogP contribution in [0.25, 0.3) is 0 Å². The Bertz CT molecular complexity index is 306. The van der Waals surface area contributed by atoms with Crippen molar-refractivity contribution in [3.63, 3.8) is 0 Å². The summed E-state index contributed by atoms with van der Waals surface area (Å²) in [4.78, 5) is 14.7. The molecule has 0 bridgehead atoms. The van der Waals surface area contributed by atoms with Crippen molar-refractivity contribution in [2.75, 3.05) is 26.3 Å². The summed E-state index contributed by atoms with van der Waals surface area (Å²) < 4.78 is 5.48. The third kappa shape index (κ3) is 4.09. The number of morpholine rings is 1. The Labute approximate surface area is 128 Å². The number of ether oxygens (including phenoxy) is 1. The largest absolute Gasteiger partial charge is 0.377 e. The second-order valence-electron chi connectivity index (χ2n) is 6.17. The van der Waals surface area contributed by atoms with E-state index in [0.717, 1.165) is 25.8 Å². The van der Waals surface area contributed by atoms with E-state index in [1.807, 2.05) is 4.90 Å². The van der Waals surface area contributed by atoms with Crippen molar-refractivity contribution >= 4 is 18.3 Å². The van der Waals surface area contributed by atoms with Gasteiger partial charge in [-0.1, -0.05) is 26.2 Å². The number of hydrogen-bond donors (Lipinski definition) is 1. The Morgan fingerprint density at radius 1 is 1.35 bits per heavy atom. The molecule has 1 aliphatic carbocycles. The third-order valence-corrected chi connectivity index (χ3v) is 4.89. The van der Waals surface area contributed by atoms with E-state index in [0.29, 0.717) is 32.1 Å². The molecule has 2 fully saturated rings. The molecular formula is C15H29ClN2O2. The van der Waals surface area contributed by atoms with Gasteiger partial charge >= 0.3 is 0 Å². The first-order chi connectivity index (χ1) is 9.21. The maximum atomic E-state index is 12.6. The van der Waals surface area contributed by atoms with Crippen LogP contribution in [0.4, 0.5) is 0 Å². The molecule has 1 unspecified atom stereocenters. The van der Waals surface area contributed by atoms with Crippen LogP contribution in [0.15, 0.2) is 0 Å². The zero-order valence-electron chi connectivity index (χ0n) is 12.6. The number of hydrogen-bond acceptors (Lipinski definition) is 3. The van der Waals surface area contributed by atoms with E-state index in [1.165, 1.54) is 19.3 Å². The molecule has 1 heterocycles. The van der Waals surface area contributed by atoms with Gasteiger partial charge in [0.15, 0.2) is 0 Å². The maximum absolute atomic E-state index is 12.6. The molecule has 118 valence electrons. The van der Waals surface area contributed by atoms with Crippen LogP contribution in [0.5, 0.6) is 0 Å². The summed E-state index contributed by atoms with van der Waals surface area (Å²) in [5, 5.41) is 0. The van der Waals surface area contributed by atoms with E-state index in [-0.39, 0.29) is 23.9 Å². The molecule has 1 atom stereocenters. The summed E-state index contributed by atoms with van der Waals surface area (Å²) in [5.74, 6) is 0.294. The molecule has 1 saturated carbocycles. The molecule has 1 aliphatic heterocycles. The number of carbonyl (C=O) groups excluding carboxylic acids is 1. The van der Waals surface area contributed by atoms with Crippen molar-refractivity contribution in [2.24, 2.45) is 11.1 Å². The fourth-order valence-electron chi connectivity index (χ4n) is 3.50. The zero-order valence-corrected chi connectivity index (χ0v) is 13.4. The molecule has 5 heteroatoms. The van der Waals surface area contributed by atoms with Crippen LogP contribution in [0.2, 0.25) is 0 Å². The average molecular weight is 305 g/mol. The topological polar surface area (TPSA) is 55.6 Å². The van der Waals surface area contributed by atoms with E-state index >= 15 is 0 Å². The Morgan fingerprint density at radius 3 is 2.65 bits per heavy atom. The van der Waals surface area contributed by atoms with Crippen molar-refractivity contribution in [3.05, 3.63) is 0 Å². The first-order valence-corrected chi connectivity index (χ1v) is 7.78. The van der Waals surface area contributed by atoms with Gasteiger partial charge in [0, 0.05) is 13.0 Å². The van der Waals surface area contributed by atoms with Crippen molar-refractivity contribution in [1.29, 1.82) is 0 Å². The first-order valence-electron chi connectivity index (χ1n) is 7.78. The average Bonchev–Trinajstić information content (AvgIpc) is 2.48. The Morgan fingerprint density at radius 2 is 2.05 bits per heavy atom. The minimum absolute atomic E-state index is 0. The van der Waals surface area contributed by atoms with E-state index in [2.05, 4.69) is 6.92 Å². The van der Waals surface area contributed by atoms with Crippen LogP contribution in [0.3, 0.4) is 0 Å². The van der Waals surface area contributed by atoms with Crippen molar-refractivity contribution in [1.82, 2.24) is 4.90 Å². The Balaban J connectivity index is 0.00000200. The highest BCUT2D eigenvalue weighted by Crippen LogP contribution is 2.39. The summed E-state index contributed by atoms with van der Waals surface area (Å²) in [6.07, 6.45) is 7.61. The van der Waals surface area contributed by atoms with Gasteiger partial charge in [0.25, 0.3) is 0 Å². The van der Waals surface area contributed by atoms with Crippen LogP contribution >= 0.6 is 12.4 Å². The monoisotopic (exact) mass is 304 g/mol. The fourth-order valence-corrected chi connectivity index (χ4v) is 3.50. The lowest BCUT2D eigenvalue weighted by Crippen LogP contribution is -2.50. The summed E-state index contributed by atoms with van der Waals surface area (Å²) in [7, 11) is 0. The normalized spacial score (nSPS) is 25.9. The van der Waals surface area contributed by atoms with Crippen LogP contribution < -0.4 is 5.73 Å². The summed E-state index contributed by atoms with van der Waals surface area (Å²) in [5.41, 5.74) is 6.06. The molecule has 1 saturated heterocycles. The highest BCUT2D eigenvalue weighted by molar-refractivity contribution is 5.85. The van der Waals surface area contributed by atoms with Gasteiger partial charge in [-0.25, -0.2) is 0 Å². The lowest BCUT2D eigenvalue weighted by Gasteiger charge is -2.40. The first kappa shape index (κ1) is 17.7. The molecule has 0 aromatic carbocycles.